The molecule has 0 aliphatic rings. The molecule has 3 rings (SSSR count). The van der Waals surface area contributed by atoms with Gasteiger partial charge < -0.3 is 4.74 Å². The van der Waals surface area contributed by atoms with Gasteiger partial charge in [-0.25, -0.2) is 9.48 Å². The zero-order valence-corrected chi connectivity index (χ0v) is 15.1. The standard InChI is InChI=1S/C21H16N4O3/c1-2-28-21(27)23-18-5-3-4-16(12-18)14-25-20(26)11-10-19(24-25)17-8-6-15(13-22)7-9-17/h3-9,12H,2,14H2,1H3,(H,23,27). The number of carbonyl (C=O) groups excluding carboxylic acids is 1. The van der Waals surface area contributed by atoms with E-state index in [1.165, 1.54) is 4.68 Å². The lowest BCUT2D eigenvalue weighted by atomic mass is 10.1. The molecule has 0 spiro atoms. The quantitative estimate of drug-likeness (QED) is 0.742. The van der Waals surface area contributed by atoms with E-state index in [1.807, 2.05) is 6.07 Å². The van der Waals surface area contributed by atoms with Crippen LogP contribution in [0.1, 0.15) is 18.1 Å². The minimum absolute atomic E-state index is 0.200. The fraction of sp³-hybridized carbons (Fsp3) is 0.143. The third-order valence-electron chi connectivity index (χ3n) is 3.81. The number of nitrogens with zero attached hydrogens (tertiary/aromatic N) is 3. The highest BCUT2D eigenvalue weighted by atomic mass is 16.5. The summed E-state index contributed by atoms with van der Waals surface area (Å²) >= 11 is 0. The van der Waals surface area contributed by atoms with E-state index in [4.69, 9.17) is 10.00 Å². The van der Waals surface area contributed by atoms with Gasteiger partial charge in [0.05, 0.1) is 24.8 Å². The van der Waals surface area contributed by atoms with Gasteiger partial charge in [-0.2, -0.15) is 10.4 Å². The van der Waals surface area contributed by atoms with Crippen LogP contribution in [0.25, 0.3) is 11.3 Å². The summed E-state index contributed by atoms with van der Waals surface area (Å²) in [7, 11) is 0. The second-order valence-corrected chi connectivity index (χ2v) is 5.80. The first-order valence-corrected chi connectivity index (χ1v) is 8.54. The van der Waals surface area contributed by atoms with Crippen molar-refractivity contribution in [1.82, 2.24) is 9.78 Å². The number of ether oxygens (including phenoxy) is 1. The van der Waals surface area contributed by atoms with E-state index in [9.17, 15) is 9.59 Å². The Morgan fingerprint density at radius 3 is 2.75 bits per heavy atom. The molecule has 1 heterocycles. The first-order chi connectivity index (χ1) is 13.6. The van der Waals surface area contributed by atoms with E-state index in [-0.39, 0.29) is 13.2 Å². The summed E-state index contributed by atoms with van der Waals surface area (Å²) in [6.07, 6.45) is -0.541. The van der Waals surface area contributed by atoms with Crippen molar-refractivity contribution in [3.63, 3.8) is 0 Å². The molecule has 2 aromatic carbocycles. The zero-order chi connectivity index (χ0) is 19.9. The van der Waals surface area contributed by atoms with Crippen LogP contribution in [0.2, 0.25) is 0 Å². The lowest BCUT2D eigenvalue weighted by Gasteiger charge is -2.08. The van der Waals surface area contributed by atoms with Crippen LogP contribution >= 0.6 is 0 Å². The summed E-state index contributed by atoms with van der Waals surface area (Å²) < 4.78 is 6.13. The maximum absolute atomic E-state index is 12.1. The number of anilines is 1. The van der Waals surface area contributed by atoms with Gasteiger partial charge in [0.25, 0.3) is 0 Å². The topological polar surface area (TPSA) is 97.0 Å². The molecule has 7 heteroatoms. The van der Waals surface area contributed by atoms with Gasteiger partial charge in [-0.15, -0.1) is 0 Å². The summed E-state index contributed by atoms with van der Waals surface area (Å²) in [5.74, 6) is 0. The molecule has 0 saturated carbocycles. The number of hydrogen-bond acceptors (Lipinski definition) is 5. The molecular formula is C21H16N4O3. The van der Waals surface area contributed by atoms with Crippen LogP contribution in [0.3, 0.4) is 0 Å². The molecular weight excluding hydrogens is 356 g/mol. The number of nitrogens with one attached hydrogen (secondary N) is 1. The van der Waals surface area contributed by atoms with Crippen LogP contribution in [-0.2, 0) is 11.3 Å². The first-order valence-electron chi connectivity index (χ1n) is 8.54. The van der Waals surface area contributed by atoms with Crippen LogP contribution in [0, 0.1) is 23.5 Å². The second kappa shape index (κ2) is 8.52. The summed E-state index contributed by atoms with van der Waals surface area (Å²) in [4.78, 5) is 23.7. The number of benzene rings is 2. The van der Waals surface area contributed by atoms with Crippen LogP contribution in [0.4, 0.5) is 10.5 Å². The lowest BCUT2D eigenvalue weighted by molar-refractivity contribution is 0.168. The molecule has 0 aliphatic carbocycles. The number of aromatic nitrogens is 2. The first kappa shape index (κ1) is 18.7. The molecule has 1 amide bonds. The number of rotatable bonds is 5. The largest absolute Gasteiger partial charge is 0.450 e. The van der Waals surface area contributed by atoms with Crippen molar-refractivity contribution in [2.24, 2.45) is 0 Å². The van der Waals surface area contributed by atoms with Crippen molar-refractivity contribution in [3.8, 4) is 17.3 Å². The molecule has 7 nitrogen and oxygen atoms in total. The molecule has 138 valence electrons. The maximum Gasteiger partial charge on any atom is 0.411 e. The molecule has 0 radical (unpaired) electrons. The van der Waals surface area contributed by atoms with E-state index in [0.29, 0.717) is 16.9 Å². The van der Waals surface area contributed by atoms with E-state index in [2.05, 4.69) is 28.6 Å². The second-order valence-electron chi connectivity index (χ2n) is 5.80. The molecule has 0 bridgehead atoms. The fourth-order valence-corrected chi connectivity index (χ4v) is 2.51. The highest BCUT2D eigenvalue weighted by molar-refractivity contribution is 5.84. The van der Waals surface area contributed by atoms with Gasteiger partial charge >= 0.3 is 11.7 Å². The minimum atomic E-state index is -0.541. The Bertz CT molecular complexity index is 1080. The molecule has 0 aliphatic heterocycles. The highest BCUT2D eigenvalue weighted by Gasteiger charge is 2.06. The van der Waals surface area contributed by atoms with Gasteiger partial charge in [0.1, 0.15) is 5.69 Å². The van der Waals surface area contributed by atoms with Crippen molar-refractivity contribution in [3.05, 3.63) is 82.1 Å². The van der Waals surface area contributed by atoms with Crippen molar-refractivity contribution in [1.29, 1.82) is 5.26 Å². The highest BCUT2D eigenvalue weighted by Crippen LogP contribution is 2.15. The van der Waals surface area contributed by atoms with Gasteiger partial charge in [-0.3, -0.25) is 10.1 Å². The molecule has 0 atom stereocenters. The Hall–Kier alpha value is -4.10. The Morgan fingerprint density at radius 1 is 1.25 bits per heavy atom. The van der Waals surface area contributed by atoms with Crippen LogP contribution < -0.4 is 10.9 Å². The molecule has 0 fully saturated rings. The molecule has 0 saturated heterocycles. The molecule has 28 heavy (non-hydrogen) atoms. The molecule has 1 aromatic heterocycles. The van der Waals surface area contributed by atoms with E-state index < -0.39 is 11.7 Å². The lowest BCUT2D eigenvalue weighted by Crippen LogP contribution is -2.22. The van der Waals surface area contributed by atoms with Gasteiger partial charge in [0.15, 0.2) is 0 Å². The SMILES string of the molecule is CCOC(=O)Nc1cccc(Cn2nc(-c3ccc(C#N)cc3)c#cc2=O)c1. The molecule has 3 aromatic rings. The van der Waals surface area contributed by atoms with E-state index in [0.717, 1.165) is 11.1 Å². The monoisotopic (exact) mass is 372 g/mol. The summed E-state index contributed by atoms with van der Waals surface area (Å²) in [5, 5.41) is 15.8. The average molecular weight is 372 g/mol. The van der Waals surface area contributed by atoms with Crippen LogP contribution in [-0.4, -0.2) is 22.5 Å². The summed E-state index contributed by atoms with van der Waals surface area (Å²) in [6, 6.07) is 21.2. The Balaban J connectivity index is 1.83. The van der Waals surface area contributed by atoms with Gasteiger partial charge in [0.2, 0.25) is 0 Å². The Labute approximate surface area is 161 Å². The minimum Gasteiger partial charge on any atom is -0.450 e. The van der Waals surface area contributed by atoms with Crippen LogP contribution in [0.5, 0.6) is 0 Å². The van der Waals surface area contributed by atoms with Gasteiger partial charge in [0, 0.05) is 17.3 Å². The molecule has 1 N–H and O–H groups in total. The maximum atomic E-state index is 12.1. The smallest absolute Gasteiger partial charge is 0.411 e. The normalized spacial score (nSPS) is 9.86. The van der Waals surface area contributed by atoms with Crippen molar-refractivity contribution in [2.75, 3.05) is 11.9 Å². The fourth-order valence-electron chi connectivity index (χ4n) is 2.51. The molecule has 0 unspecified atom stereocenters. The number of amides is 1. The average Bonchev–Trinajstić information content (AvgIpc) is 2.70. The summed E-state index contributed by atoms with van der Waals surface area (Å²) in [5.41, 5.74) is 2.62. The van der Waals surface area contributed by atoms with Crippen molar-refractivity contribution < 1.29 is 9.53 Å². The predicted molar refractivity (Wildman–Crippen MR) is 103 cm³/mol. The number of nitriles is 1. The predicted octanol–water partition coefficient (Wildman–Crippen LogP) is 3.00. The Kier molecular flexibility index (Phi) is 5.69. The van der Waals surface area contributed by atoms with E-state index >= 15 is 0 Å². The van der Waals surface area contributed by atoms with Gasteiger partial charge in [-0.1, -0.05) is 24.3 Å². The third kappa shape index (κ3) is 4.54. The van der Waals surface area contributed by atoms with Crippen molar-refractivity contribution in [2.45, 2.75) is 13.5 Å². The van der Waals surface area contributed by atoms with Crippen molar-refractivity contribution >= 4 is 11.8 Å². The van der Waals surface area contributed by atoms with Gasteiger partial charge in [-0.05, 0) is 42.8 Å². The number of carbonyl (C=O) groups is 1. The third-order valence-corrected chi connectivity index (χ3v) is 3.81. The Morgan fingerprint density at radius 2 is 2.04 bits per heavy atom. The number of hydrogen-bond donors (Lipinski definition) is 1. The zero-order valence-electron chi connectivity index (χ0n) is 15.1. The van der Waals surface area contributed by atoms with Crippen LogP contribution in [0.15, 0.2) is 53.3 Å². The van der Waals surface area contributed by atoms with E-state index in [1.54, 1.807) is 49.4 Å². The summed E-state index contributed by atoms with van der Waals surface area (Å²) in [6.45, 7) is 2.20.